The Balaban J connectivity index is 1.78. The van der Waals surface area contributed by atoms with Gasteiger partial charge in [0.05, 0.1) is 12.1 Å². The minimum absolute atomic E-state index is 0.158. The van der Waals surface area contributed by atoms with Gasteiger partial charge in [0.25, 0.3) is 5.56 Å². The Bertz CT molecular complexity index is 1010. The van der Waals surface area contributed by atoms with Crippen LogP contribution in [0.2, 0.25) is 5.15 Å². The first-order valence-electron chi connectivity index (χ1n) is 8.43. The van der Waals surface area contributed by atoms with Gasteiger partial charge in [0.2, 0.25) is 0 Å². The second kappa shape index (κ2) is 7.01. The molecule has 1 fully saturated rings. The van der Waals surface area contributed by atoms with E-state index < -0.39 is 5.69 Å². The van der Waals surface area contributed by atoms with Gasteiger partial charge in [0.1, 0.15) is 5.15 Å². The van der Waals surface area contributed by atoms with E-state index in [1.807, 2.05) is 6.07 Å². The van der Waals surface area contributed by atoms with Crippen molar-refractivity contribution in [3.63, 3.8) is 0 Å². The normalized spacial score (nSPS) is 15.4. The van der Waals surface area contributed by atoms with Crippen LogP contribution in [0.4, 0.5) is 0 Å². The highest BCUT2D eigenvalue weighted by Gasteiger charge is 2.24. The maximum absolute atomic E-state index is 12.9. The zero-order valence-electron chi connectivity index (χ0n) is 14.0. The Labute approximate surface area is 154 Å². The van der Waals surface area contributed by atoms with E-state index in [4.69, 9.17) is 16.3 Å². The zero-order valence-corrected chi connectivity index (χ0v) is 14.7. The maximum atomic E-state index is 12.9. The molecule has 0 N–H and O–H groups in total. The van der Waals surface area contributed by atoms with E-state index in [-0.39, 0.29) is 11.6 Å². The highest BCUT2D eigenvalue weighted by atomic mass is 35.5. The number of rotatable bonds is 3. The Hall–Kier alpha value is -2.51. The molecule has 4 heterocycles. The molecule has 4 rings (SSSR count). The van der Waals surface area contributed by atoms with E-state index in [1.165, 1.54) is 4.57 Å². The lowest BCUT2D eigenvalue weighted by Gasteiger charge is -2.24. The van der Waals surface area contributed by atoms with Crippen molar-refractivity contribution in [3.05, 3.63) is 68.2 Å². The number of hydrogen-bond acceptors (Lipinski definition) is 5. The summed E-state index contributed by atoms with van der Waals surface area (Å²) < 4.78 is 8.38. The van der Waals surface area contributed by atoms with Crippen molar-refractivity contribution >= 4 is 11.6 Å². The minimum atomic E-state index is -0.511. The molecule has 0 spiro atoms. The summed E-state index contributed by atoms with van der Waals surface area (Å²) >= 11 is 5.82. The average molecular weight is 373 g/mol. The predicted octanol–water partition coefficient (Wildman–Crippen LogP) is 1.96. The fourth-order valence-electron chi connectivity index (χ4n) is 3.29. The molecule has 1 saturated heterocycles. The molecule has 7 nitrogen and oxygen atoms in total. The standard InChI is InChI=1S/C18H17ClN4O3/c19-15-4-3-12(10-20-15)11-22-7-1-2-14-16(22)21-18(25)23(17(14)24)13-5-8-26-9-6-13/h1-4,7,10,13H,5-6,8-9,11H2. The molecule has 26 heavy (non-hydrogen) atoms. The molecule has 0 saturated carbocycles. The van der Waals surface area contributed by atoms with Crippen LogP contribution in [0.3, 0.4) is 0 Å². The van der Waals surface area contributed by atoms with Gasteiger partial charge < -0.3 is 9.30 Å². The first-order chi connectivity index (χ1) is 12.6. The third-order valence-corrected chi connectivity index (χ3v) is 4.82. The van der Waals surface area contributed by atoms with Crippen molar-refractivity contribution in [2.75, 3.05) is 13.2 Å². The second-order valence-electron chi connectivity index (χ2n) is 6.28. The third kappa shape index (κ3) is 3.15. The average Bonchev–Trinajstić information content (AvgIpc) is 2.65. The molecule has 0 bridgehead atoms. The van der Waals surface area contributed by atoms with Crippen molar-refractivity contribution < 1.29 is 4.74 Å². The number of nitrogens with zero attached hydrogens (tertiary/aromatic N) is 4. The van der Waals surface area contributed by atoms with Crippen LogP contribution < -0.4 is 11.2 Å². The maximum Gasteiger partial charge on any atom is 0.352 e. The van der Waals surface area contributed by atoms with Gasteiger partial charge in [0.15, 0.2) is 5.82 Å². The Morgan fingerprint density at radius 3 is 2.73 bits per heavy atom. The summed E-state index contributed by atoms with van der Waals surface area (Å²) in [6.07, 6.45) is 4.74. The predicted molar refractivity (Wildman–Crippen MR) is 96.8 cm³/mol. The van der Waals surface area contributed by atoms with Crippen molar-refractivity contribution in [1.29, 1.82) is 0 Å². The molecule has 3 aliphatic heterocycles. The van der Waals surface area contributed by atoms with Gasteiger partial charge in [-0.15, -0.1) is 0 Å². The van der Waals surface area contributed by atoms with E-state index in [1.54, 1.807) is 35.2 Å². The Morgan fingerprint density at radius 1 is 1.19 bits per heavy atom. The van der Waals surface area contributed by atoms with Crippen molar-refractivity contribution in [3.8, 4) is 11.4 Å². The zero-order chi connectivity index (χ0) is 18.1. The molecule has 8 heteroatoms. The van der Waals surface area contributed by atoms with Crippen LogP contribution in [0.15, 0.2) is 46.2 Å². The largest absolute Gasteiger partial charge is 0.381 e. The number of pyridine rings is 2. The van der Waals surface area contributed by atoms with Crippen LogP contribution in [0, 0.1) is 0 Å². The van der Waals surface area contributed by atoms with E-state index in [2.05, 4.69) is 9.97 Å². The van der Waals surface area contributed by atoms with Gasteiger partial charge in [0, 0.05) is 31.6 Å². The molecular weight excluding hydrogens is 356 g/mol. The summed E-state index contributed by atoms with van der Waals surface area (Å²) in [6.45, 7) is 1.54. The van der Waals surface area contributed by atoms with Crippen LogP contribution >= 0.6 is 11.6 Å². The van der Waals surface area contributed by atoms with Crippen LogP contribution in [0.1, 0.15) is 24.4 Å². The van der Waals surface area contributed by atoms with Crippen LogP contribution in [0.5, 0.6) is 0 Å². The van der Waals surface area contributed by atoms with Crippen LogP contribution in [-0.4, -0.2) is 32.3 Å². The molecule has 0 radical (unpaired) electrons. The van der Waals surface area contributed by atoms with Gasteiger partial charge in [-0.25, -0.2) is 9.78 Å². The summed E-state index contributed by atoms with van der Waals surface area (Å²) in [6, 6.07) is 6.88. The number of aromatic nitrogens is 4. The van der Waals surface area contributed by atoms with Gasteiger partial charge in [-0.2, -0.15) is 4.98 Å². The molecule has 0 unspecified atom stereocenters. The summed E-state index contributed by atoms with van der Waals surface area (Å²) in [4.78, 5) is 33.8. The Morgan fingerprint density at radius 2 is 2.00 bits per heavy atom. The van der Waals surface area contributed by atoms with Crippen LogP contribution in [-0.2, 0) is 11.3 Å². The van der Waals surface area contributed by atoms with Crippen molar-refractivity contribution in [1.82, 2.24) is 19.1 Å². The van der Waals surface area contributed by atoms with Crippen LogP contribution in [0.25, 0.3) is 11.4 Å². The minimum Gasteiger partial charge on any atom is -0.381 e. The number of fused-ring (bicyclic) bond motifs is 1. The fraction of sp³-hybridized carbons (Fsp3) is 0.333. The van der Waals surface area contributed by atoms with Gasteiger partial charge in [-0.05, 0) is 36.6 Å². The molecule has 0 amide bonds. The SMILES string of the molecule is O=c1nc2n(Cc3ccc(Cl)nc3)cccc-2c(=O)n1C1CCOCC1. The van der Waals surface area contributed by atoms with Crippen molar-refractivity contribution in [2.24, 2.45) is 0 Å². The molecule has 0 aliphatic carbocycles. The summed E-state index contributed by atoms with van der Waals surface area (Å²) in [5.74, 6) is 0.376. The van der Waals surface area contributed by atoms with Crippen molar-refractivity contribution in [2.45, 2.75) is 25.4 Å². The number of ether oxygens (including phenoxy) is 1. The number of halogens is 1. The molecule has 1 aromatic rings. The first-order valence-corrected chi connectivity index (χ1v) is 8.81. The van der Waals surface area contributed by atoms with E-state index in [0.29, 0.717) is 49.1 Å². The third-order valence-electron chi connectivity index (χ3n) is 4.60. The summed E-state index contributed by atoms with van der Waals surface area (Å²) in [5.41, 5.74) is 0.523. The Kier molecular flexibility index (Phi) is 4.57. The first kappa shape index (κ1) is 16.9. The highest BCUT2D eigenvalue weighted by Crippen LogP contribution is 2.20. The van der Waals surface area contributed by atoms with E-state index in [9.17, 15) is 9.59 Å². The monoisotopic (exact) mass is 372 g/mol. The summed E-state index contributed by atoms with van der Waals surface area (Å²) in [5, 5.41) is 0.413. The van der Waals surface area contributed by atoms with E-state index in [0.717, 1.165) is 5.56 Å². The molecule has 134 valence electrons. The molecule has 0 atom stereocenters. The summed E-state index contributed by atoms with van der Waals surface area (Å²) in [7, 11) is 0. The lowest BCUT2D eigenvalue weighted by atomic mass is 10.1. The second-order valence-corrected chi connectivity index (χ2v) is 6.66. The fourth-order valence-corrected chi connectivity index (χ4v) is 3.40. The molecule has 0 aromatic carbocycles. The molecule has 1 aromatic heterocycles. The van der Waals surface area contributed by atoms with E-state index >= 15 is 0 Å². The van der Waals surface area contributed by atoms with Gasteiger partial charge >= 0.3 is 5.69 Å². The molecular formula is C18H17ClN4O3. The highest BCUT2D eigenvalue weighted by molar-refractivity contribution is 6.29. The van der Waals surface area contributed by atoms with Gasteiger partial charge in [-0.3, -0.25) is 9.36 Å². The quantitative estimate of drug-likeness (QED) is 0.657. The smallest absolute Gasteiger partial charge is 0.352 e. The lowest BCUT2D eigenvalue weighted by molar-refractivity contribution is 0.0674. The molecule has 3 aliphatic rings. The lowest BCUT2D eigenvalue weighted by Crippen LogP contribution is -2.42. The van der Waals surface area contributed by atoms with Gasteiger partial charge in [-0.1, -0.05) is 17.7 Å². The topological polar surface area (TPSA) is 79.0 Å². The number of hydrogen-bond donors (Lipinski definition) is 0.